The molecule has 5 nitrogen and oxygen atoms in total. The van der Waals surface area contributed by atoms with Gasteiger partial charge in [0.25, 0.3) is 0 Å². The molecule has 0 radical (unpaired) electrons. The molecule has 0 spiro atoms. The number of nitrogens with one attached hydrogen (secondary N) is 1. The van der Waals surface area contributed by atoms with Gasteiger partial charge < -0.3 is 11.1 Å². The molecule has 2 rings (SSSR count). The van der Waals surface area contributed by atoms with Crippen molar-refractivity contribution >= 4 is 11.6 Å². The Labute approximate surface area is 125 Å². The lowest BCUT2D eigenvalue weighted by Gasteiger charge is -2.13. The van der Waals surface area contributed by atoms with Gasteiger partial charge in [0.2, 0.25) is 5.91 Å². The van der Waals surface area contributed by atoms with Crippen LogP contribution in [-0.2, 0) is 11.3 Å². The van der Waals surface area contributed by atoms with Crippen molar-refractivity contribution in [1.82, 2.24) is 9.78 Å². The van der Waals surface area contributed by atoms with Crippen LogP contribution in [0.5, 0.6) is 0 Å². The number of carbonyl (C=O) groups excluding carboxylic acids is 1. The molecule has 0 fully saturated rings. The van der Waals surface area contributed by atoms with Gasteiger partial charge in [0.05, 0.1) is 24.5 Å². The van der Waals surface area contributed by atoms with Crippen LogP contribution in [0.1, 0.15) is 25.8 Å². The van der Waals surface area contributed by atoms with E-state index in [0.717, 1.165) is 5.56 Å². The lowest BCUT2D eigenvalue weighted by Crippen LogP contribution is -2.36. The van der Waals surface area contributed by atoms with Crippen molar-refractivity contribution in [3.8, 4) is 0 Å². The number of hydrogen-bond donors (Lipinski definition) is 2. The predicted molar refractivity (Wildman–Crippen MR) is 83.8 cm³/mol. The van der Waals surface area contributed by atoms with Crippen molar-refractivity contribution < 1.29 is 4.79 Å². The molecular weight excluding hydrogens is 264 g/mol. The Kier molecular flexibility index (Phi) is 5.11. The number of nitrogens with two attached hydrogens (primary N) is 1. The second kappa shape index (κ2) is 7.04. The largest absolute Gasteiger partial charge is 0.322 e. The SMILES string of the molecule is CC(C)CC(N)C(=O)Nc1cnn(Cc2ccccc2)c1. The van der Waals surface area contributed by atoms with Gasteiger partial charge in [0.1, 0.15) is 0 Å². The third-order valence-corrected chi connectivity index (χ3v) is 3.15. The first kappa shape index (κ1) is 15.3. The molecule has 0 saturated carbocycles. The van der Waals surface area contributed by atoms with Crippen molar-refractivity contribution in [3.05, 3.63) is 48.3 Å². The molecule has 1 aromatic heterocycles. The third kappa shape index (κ3) is 4.72. The average Bonchev–Trinajstić information content (AvgIpc) is 2.86. The van der Waals surface area contributed by atoms with Crippen molar-refractivity contribution in [3.63, 3.8) is 0 Å². The van der Waals surface area contributed by atoms with Crippen molar-refractivity contribution in [1.29, 1.82) is 0 Å². The summed E-state index contributed by atoms with van der Waals surface area (Å²) >= 11 is 0. The van der Waals surface area contributed by atoms with E-state index in [2.05, 4.69) is 10.4 Å². The Morgan fingerprint density at radius 2 is 2.05 bits per heavy atom. The molecule has 1 amide bonds. The van der Waals surface area contributed by atoms with E-state index >= 15 is 0 Å². The number of rotatable bonds is 6. The number of benzene rings is 1. The quantitative estimate of drug-likeness (QED) is 0.855. The highest BCUT2D eigenvalue weighted by Crippen LogP contribution is 2.10. The predicted octanol–water partition coefficient (Wildman–Crippen LogP) is 2.24. The normalized spacial score (nSPS) is 12.4. The Balaban J connectivity index is 1.92. The lowest BCUT2D eigenvalue weighted by molar-refractivity contribution is -0.117. The fourth-order valence-electron chi connectivity index (χ4n) is 2.13. The van der Waals surface area contributed by atoms with E-state index < -0.39 is 6.04 Å². The molecule has 2 aromatic rings. The van der Waals surface area contributed by atoms with Crippen molar-refractivity contribution in [2.75, 3.05) is 5.32 Å². The molecule has 0 aliphatic carbocycles. The second-order valence-electron chi connectivity index (χ2n) is 5.64. The number of anilines is 1. The smallest absolute Gasteiger partial charge is 0.241 e. The Morgan fingerprint density at radius 3 is 2.71 bits per heavy atom. The molecular formula is C16H22N4O. The molecule has 1 heterocycles. The standard InChI is InChI=1S/C16H22N4O/c1-12(2)8-15(17)16(21)19-14-9-18-20(11-14)10-13-6-4-3-5-7-13/h3-7,9,11-12,15H,8,10,17H2,1-2H3,(H,19,21). The Hall–Kier alpha value is -2.14. The van der Waals surface area contributed by atoms with Gasteiger partial charge in [-0.2, -0.15) is 5.10 Å². The molecule has 5 heteroatoms. The molecule has 0 saturated heterocycles. The maximum absolute atomic E-state index is 11.9. The highest BCUT2D eigenvalue weighted by atomic mass is 16.2. The Morgan fingerprint density at radius 1 is 1.33 bits per heavy atom. The summed E-state index contributed by atoms with van der Waals surface area (Å²) in [6.45, 7) is 4.77. The zero-order valence-corrected chi connectivity index (χ0v) is 12.5. The minimum absolute atomic E-state index is 0.164. The number of carbonyl (C=O) groups is 1. The van der Waals surface area contributed by atoms with E-state index in [-0.39, 0.29) is 5.91 Å². The summed E-state index contributed by atoms with van der Waals surface area (Å²) in [6.07, 6.45) is 4.12. The Bertz CT molecular complexity index is 577. The van der Waals surface area contributed by atoms with Crippen LogP contribution >= 0.6 is 0 Å². The highest BCUT2D eigenvalue weighted by molar-refractivity contribution is 5.94. The highest BCUT2D eigenvalue weighted by Gasteiger charge is 2.15. The van der Waals surface area contributed by atoms with Crippen molar-refractivity contribution in [2.45, 2.75) is 32.9 Å². The van der Waals surface area contributed by atoms with E-state index in [1.54, 1.807) is 10.9 Å². The minimum atomic E-state index is -0.484. The number of hydrogen-bond acceptors (Lipinski definition) is 3. The third-order valence-electron chi connectivity index (χ3n) is 3.15. The van der Waals surface area contributed by atoms with Gasteiger partial charge in [-0.15, -0.1) is 0 Å². The maximum atomic E-state index is 11.9. The van der Waals surface area contributed by atoms with Crippen LogP contribution in [0.3, 0.4) is 0 Å². The van der Waals surface area contributed by atoms with Gasteiger partial charge in [0.15, 0.2) is 0 Å². The van der Waals surface area contributed by atoms with Crippen LogP contribution in [-0.4, -0.2) is 21.7 Å². The monoisotopic (exact) mass is 286 g/mol. The fraction of sp³-hybridized carbons (Fsp3) is 0.375. The van der Waals surface area contributed by atoms with E-state index in [1.807, 2.05) is 50.4 Å². The summed E-state index contributed by atoms with van der Waals surface area (Å²) in [7, 11) is 0. The zero-order chi connectivity index (χ0) is 15.2. The first-order chi connectivity index (χ1) is 10.0. The zero-order valence-electron chi connectivity index (χ0n) is 12.5. The fourth-order valence-corrected chi connectivity index (χ4v) is 2.13. The molecule has 3 N–H and O–H groups in total. The second-order valence-corrected chi connectivity index (χ2v) is 5.64. The number of aromatic nitrogens is 2. The maximum Gasteiger partial charge on any atom is 0.241 e. The lowest BCUT2D eigenvalue weighted by atomic mass is 10.0. The number of nitrogens with zero attached hydrogens (tertiary/aromatic N) is 2. The van der Waals surface area contributed by atoms with E-state index in [1.165, 1.54) is 0 Å². The van der Waals surface area contributed by atoms with E-state index in [9.17, 15) is 4.79 Å². The molecule has 1 aromatic carbocycles. The van der Waals surface area contributed by atoms with Crippen LogP contribution in [0.15, 0.2) is 42.7 Å². The van der Waals surface area contributed by atoms with Gasteiger partial charge in [-0.05, 0) is 17.9 Å². The van der Waals surface area contributed by atoms with Crippen LogP contribution < -0.4 is 11.1 Å². The van der Waals surface area contributed by atoms with Gasteiger partial charge >= 0.3 is 0 Å². The summed E-state index contributed by atoms with van der Waals surface area (Å²) < 4.78 is 1.79. The summed E-state index contributed by atoms with van der Waals surface area (Å²) in [5.74, 6) is 0.231. The van der Waals surface area contributed by atoms with Crippen molar-refractivity contribution in [2.24, 2.45) is 11.7 Å². The summed E-state index contributed by atoms with van der Waals surface area (Å²) in [5, 5.41) is 7.05. The molecule has 21 heavy (non-hydrogen) atoms. The van der Waals surface area contributed by atoms with Crippen LogP contribution in [0.4, 0.5) is 5.69 Å². The summed E-state index contributed by atoms with van der Waals surface area (Å²) in [5.41, 5.74) is 7.70. The molecule has 112 valence electrons. The molecule has 0 bridgehead atoms. The van der Waals surface area contributed by atoms with Crippen LogP contribution in [0, 0.1) is 5.92 Å². The first-order valence-electron chi connectivity index (χ1n) is 7.17. The van der Waals surface area contributed by atoms with E-state index in [0.29, 0.717) is 24.6 Å². The average molecular weight is 286 g/mol. The van der Waals surface area contributed by atoms with Gasteiger partial charge in [-0.3, -0.25) is 9.48 Å². The van der Waals surface area contributed by atoms with Gasteiger partial charge in [-0.25, -0.2) is 0 Å². The van der Waals surface area contributed by atoms with Crippen LogP contribution in [0.25, 0.3) is 0 Å². The van der Waals surface area contributed by atoms with Gasteiger partial charge in [-0.1, -0.05) is 44.2 Å². The topological polar surface area (TPSA) is 72.9 Å². The molecule has 1 unspecified atom stereocenters. The molecule has 1 atom stereocenters. The summed E-state index contributed by atoms with van der Waals surface area (Å²) in [6, 6.07) is 9.56. The number of amides is 1. The molecule has 0 aliphatic rings. The van der Waals surface area contributed by atoms with E-state index in [4.69, 9.17) is 5.73 Å². The minimum Gasteiger partial charge on any atom is -0.322 e. The first-order valence-corrected chi connectivity index (χ1v) is 7.17. The molecule has 0 aliphatic heterocycles. The van der Waals surface area contributed by atoms with Crippen LogP contribution in [0.2, 0.25) is 0 Å². The van der Waals surface area contributed by atoms with Gasteiger partial charge in [0, 0.05) is 6.20 Å². The summed E-state index contributed by atoms with van der Waals surface area (Å²) in [4.78, 5) is 11.9.